The molecule has 1 unspecified atom stereocenters. The molecule has 0 saturated heterocycles. The number of nitrogens with two attached hydrogens (primary N) is 1. The average Bonchev–Trinajstić information content (AvgIpc) is 2.43. The van der Waals surface area contributed by atoms with Crippen LogP contribution in [0.4, 0.5) is 23.2 Å². The smallest absolute Gasteiger partial charge is 0.176 e. The van der Waals surface area contributed by atoms with Crippen LogP contribution in [0.3, 0.4) is 0 Å². The van der Waals surface area contributed by atoms with Crippen molar-refractivity contribution >= 4 is 46.7 Å². The largest absolute Gasteiger partial charge is 0.399 e. The molecule has 8 heteroatoms. The molecule has 0 fully saturated rings. The van der Waals surface area contributed by atoms with Gasteiger partial charge in [0.05, 0.1) is 8.87 Å². The summed E-state index contributed by atoms with van der Waals surface area (Å²) in [6, 6.07) is 5.49. The first-order chi connectivity index (χ1) is 9.34. The lowest BCUT2D eigenvalue weighted by Gasteiger charge is -2.09. The molecule has 1 atom stereocenters. The van der Waals surface area contributed by atoms with E-state index in [1.807, 2.05) is 0 Å². The third-order valence-corrected chi connectivity index (χ3v) is 5.26. The molecule has 0 amide bonds. The average molecular weight is 415 g/mol. The van der Waals surface area contributed by atoms with E-state index >= 15 is 0 Å². The molecular formula is C12H7F4INOP. The third kappa shape index (κ3) is 2.56. The minimum Gasteiger partial charge on any atom is -0.399 e. The molecule has 20 heavy (non-hydrogen) atoms. The predicted molar refractivity (Wildman–Crippen MR) is 78.1 cm³/mol. The lowest BCUT2D eigenvalue weighted by Crippen LogP contribution is -2.20. The first-order valence-corrected chi connectivity index (χ1v) is 7.75. The van der Waals surface area contributed by atoms with Crippen molar-refractivity contribution in [1.29, 1.82) is 0 Å². The van der Waals surface area contributed by atoms with Crippen LogP contribution in [0.1, 0.15) is 0 Å². The summed E-state index contributed by atoms with van der Waals surface area (Å²) in [6.07, 6.45) is 0. The Morgan fingerprint density at radius 1 is 1.00 bits per heavy atom. The van der Waals surface area contributed by atoms with Gasteiger partial charge in [0.2, 0.25) is 0 Å². The molecule has 0 aromatic heterocycles. The summed E-state index contributed by atoms with van der Waals surface area (Å²) in [7, 11) is -3.25. The maximum Gasteiger partial charge on any atom is 0.176 e. The topological polar surface area (TPSA) is 43.1 Å². The van der Waals surface area contributed by atoms with Crippen molar-refractivity contribution in [3.05, 3.63) is 51.1 Å². The number of halogens is 5. The van der Waals surface area contributed by atoms with E-state index < -0.39 is 39.9 Å². The zero-order chi connectivity index (χ0) is 15.0. The molecule has 0 spiro atoms. The molecule has 0 heterocycles. The van der Waals surface area contributed by atoms with Crippen molar-refractivity contribution in [2.75, 3.05) is 5.73 Å². The quantitative estimate of drug-likeness (QED) is 0.205. The van der Waals surface area contributed by atoms with E-state index in [4.69, 9.17) is 5.73 Å². The SMILES string of the molecule is Nc1cccc([PH](=O)c2c(F)c(F)c(I)c(F)c2F)c1. The van der Waals surface area contributed by atoms with Crippen molar-refractivity contribution in [2.24, 2.45) is 0 Å². The van der Waals surface area contributed by atoms with Crippen LogP contribution in [0.15, 0.2) is 24.3 Å². The summed E-state index contributed by atoms with van der Waals surface area (Å²) in [4.78, 5) is 0. The number of anilines is 1. The molecule has 106 valence electrons. The highest BCUT2D eigenvalue weighted by molar-refractivity contribution is 14.1. The van der Waals surface area contributed by atoms with Gasteiger partial charge in [-0.3, -0.25) is 0 Å². The Morgan fingerprint density at radius 3 is 2.05 bits per heavy atom. The molecule has 0 bridgehead atoms. The molecule has 0 radical (unpaired) electrons. The highest BCUT2D eigenvalue weighted by atomic mass is 127. The van der Waals surface area contributed by atoms with Crippen molar-refractivity contribution in [1.82, 2.24) is 0 Å². The van der Waals surface area contributed by atoms with Crippen LogP contribution in [0.2, 0.25) is 0 Å². The van der Waals surface area contributed by atoms with Gasteiger partial charge < -0.3 is 10.3 Å². The molecule has 2 nitrogen and oxygen atoms in total. The maximum atomic E-state index is 13.7. The first kappa shape index (κ1) is 15.3. The molecule has 2 aromatic rings. The van der Waals surface area contributed by atoms with E-state index in [0.29, 0.717) is 0 Å². The molecule has 0 saturated carbocycles. The second kappa shape index (κ2) is 5.73. The summed E-state index contributed by atoms with van der Waals surface area (Å²) in [5.41, 5.74) is 5.70. The van der Waals surface area contributed by atoms with Crippen LogP contribution >= 0.6 is 30.4 Å². The second-order valence-corrected chi connectivity index (χ2v) is 6.71. The summed E-state index contributed by atoms with van der Waals surface area (Å²) in [6.45, 7) is 0. The van der Waals surface area contributed by atoms with Crippen molar-refractivity contribution in [3.8, 4) is 0 Å². The van der Waals surface area contributed by atoms with Crippen molar-refractivity contribution in [2.45, 2.75) is 0 Å². The minimum atomic E-state index is -3.25. The van der Waals surface area contributed by atoms with Crippen LogP contribution in [0.25, 0.3) is 0 Å². The molecule has 0 aliphatic heterocycles. The Balaban J connectivity index is 2.67. The van der Waals surface area contributed by atoms with Crippen molar-refractivity contribution in [3.63, 3.8) is 0 Å². The van der Waals surface area contributed by atoms with Gasteiger partial charge in [0.1, 0.15) is 7.80 Å². The molecule has 2 rings (SSSR count). The van der Waals surface area contributed by atoms with Gasteiger partial charge in [-0.2, -0.15) is 0 Å². The van der Waals surface area contributed by atoms with Gasteiger partial charge in [-0.05, 0) is 34.7 Å². The Morgan fingerprint density at radius 2 is 1.55 bits per heavy atom. The maximum absolute atomic E-state index is 13.7. The van der Waals surface area contributed by atoms with Gasteiger partial charge in [-0.15, -0.1) is 0 Å². The fourth-order valence-corrected chi connectivity index (χ4v) is 3.55. The highest BCUT2D eigenvalue weighted by Gasteiger charge is 2.27. The zero-order valence-electron chi connectivity index (χ0n) is 9.68. The van der Waals surface area contributed by atoms with Gasteiger partial charge in [0.25, 0.3) is 0 Å². The van der Waals surface area contributed by atoms with E-state index in [1.54, 1.807) is 0 Å². The van der Waals surface area contributed by atoms with E-state index in [1.165, 1.54) is 24.3 Å². The summed E-state index contributed by atoms with van der Waals surface area (Å²) >= 11 is 1.14. The molecule has 2 aromatic carbocycles. The van der Waals surface area contributed by atoms with Crippen LogP contribution < -0.4 is 16.3 Å². The van der Waals surface area contributed by atoms with Crippen molar-refractivity contribution < 1.29 is 22.1 Å². The first-order valence-electron chi connectivity index (χ1n) is 5.26. The lowest BCUT2D eigenvalue weighted by atomic mass is 10.3. The van der Waals surface area contributed by atoms with Gasteiger partial charge >= 0.3 is 0 Å². The van der Waals surface area contributed by atoms with Gasteiger partial charge in [0, 0.05) is 11.0 Å². The van der Waals surface area contributed by atoms with E-state index in [9.17, 15) is 22.1 Å². The molecule has 0 aliphatic rings. The standard InChI is InChI=1S/C12H7F4INOP/c13-7-9(15)12(10(16)8(14)11(7)17)20(19)6-3-1-2-5(18)4-6/h1-4,20H,18H2. The summed E-state index contributed by atoms with van der Waals surface area (Å²) in [5, 5.41) is -1.07. The van der Waals surface area contributed by atoms with E-state index in [2.05, 4.69) is 0 Å². The number of rotatable bonds is 2. The zero-order valence-corrected chi connectivity index (χ0v) is 12.8. The Bertz CT molecular complexity index is 694. The lowest BCUT2D eigenvalue weighted by molar-refractivity contribution is 0.454. The van der Waals surface area contributed by atoms with Crippen LogP contribution in [-0.4, -0.2) is 0 Å². The fraction of sp³-hybridized carbons (Fsp3) is 0. The molecular weight excluding hydrogens is 408 g/mol. The van der Waals surface area contributed by atoms with E-state index in [-0.39, 0.29) is 11.0 Å². The van der Waals surface area contributed by atoms with Crippen LogP contribution in [0.5, 0.6) is 0 Å². The Labute approximate surface area is 125 Å². The summed E-state index contributed by atoms with van der Waals surface area (Å²) < 4.78 is 65.8. The number of benzene rings is 2. The Hall–Kier alpha value is -1.08. The van der Waals surface area contributed by atoms with Crippen LogP contribution in [0, 0.1) is 26.8 Å². The fourth-order valence-electron chi connectivity index (χ4n) is 1.63. The third-order valence-electron chi connectivity index (χ3n) is 2.59. The summed E-state index contributed by atoms with van der Waals surface area (Å²) in [5.74, 6) is -6.39. The normalized spacial score (nSPS) is 12.4. The minimum absolute atomic E-state index is 0.0211. The molecule has 2 N–H and O–H groups in total. The number of nitrogen functional groups attached to an aromatic ring is 1. The van der Waals surface area contributed by atoms with E-state index in [0.717, 1.165) is 22.6 Å². The molecule has 0 aliphatic carbocycles. The van der Waals surface area contributed by atoms with Gasteiger partial charge in [-0.25, -0.2) is 17.6 Å². The number of hydrogen-bond donors (Lipinski definition) is 1. The van der Waals surface area contributed by atoms with Crippen LogP contribution in [-0.2, 0) is 4.57 Å². The Kier molecular flexibility index (Phi) is 4.39. The number of hydrogen-bond acceptors (Lipinski definition) is 2. The van der Waals surface area contributed by atoms with Gasteiger partial charge in [-0.1, -0.05) is 12.1 Å². The second-order valence-electron chi connectivity index (χ2n) is 3.90. The monoisotopic (exact) mass is 415 g/mol. The predicted octanol–water partition coefficient (Wildman–Crippen LogP) is 2.94. The highest BCUT2D eigenvalue weighted by Crippen LogP contribution is 2.29. The van der Waals surface area contributed by atoms with Gasteiger partial charge in [0.15, 0.2) is 23.3 Å².